The van der Waals surface area contributed by atoms with Crippen molar-refractivity contribution in [1.82, 2.24) is 19.1 Å². The molecule has 1 aromatic heterocycles. The number of morpholine rings is 1. The minimum Gasteiger partial charge on any atom is -0.350 e. The van der Waals surface area contributed by atoms with Crippen molar-refractivity contribution in [3.05, 3.63) is 32.6 Å². The Labute approximate surface area is 144 Å². The number of H-pyrrole nitrogens is 1. The number of hydrogen-bond acceptors (Lipinski definition) is 6. The van der Waals surface area contributed by atoms with E-state index < -0.39 is 30.5 Å². The molecule has 0 saturated carbocycles. The van der Waals surface area contributed by atoms with E-state index in [9.17, 15) is 14.2 Å². The van der Waals surface area contributed by atoms with Gasteiger partial charge in [0.1, 0.15) is 0 Å². The van der Waals surface area contributed by atoms with Crippen molar-refractivity contribution in [2.45, 2.75) is 19.3 Å². The lowest BCUT2D eigenvalue weighted by Crippen LogP contribution is -2.48. The monoisotopic (exact) mass is 380 g/mol. The third-order valence-corrected chi connectivity index (χ3v) is 6.31. The highest BCUT2D eigenvalue weighted by Crippen LogP contribution is 2.54. The molecule has 2 rings (SSSR count). The lowest BCUT2D eigenvalue weighted by molar-refractivity contribution is -0.127. The normalized spacial score (nSPS) is 24.9. The second-order valence-corrected chi connectivity index (χ2v) is 9.25. The van der Waals surface area contributed by atoms with E-state index in [-0.39, 0.29) is 6.61 Å². The third-order valence-electron chi connectivity index (χ3n) is 3.69. The van der Waals surface area contributed by atoms with Gasteiger partial charge in [-0.15, -0.1) is 0 Å². The SMILES string of the molecule is Cc1cn(C2CN(C)C[C@@H](CO[P@@](=O)(Cl)N(C)C)O2)c(=O)[nH]c1=O. The molecule has 0 radical (unpaired) electrons. The van der Waals surface area contributed by atoms with Crippen molar-refractivity contribution in [2.24, 2.45) is 0 Å². The summed E-state index contributed by atoms with van der Waals surface area (Å²) in [5.41, 5.74) is -0.548. The predicted molar refractivity (Wildman–Crippen MR) is 90.6 cm³/mol. The van der Waals surface area contributed by atoms with E-state index in [1.54, 1.807) is 21.0 Å². The average Bonchev–Trinajstić information content (AvgIpc) is 2.48. The molecule has 0 bridgehead atoms. The lowest BCUT2D eigenvalue weighted by Gasteiger charge is -2.36. The third kappa shape index (κ3) is 4.56. The molecule has 2 heterocycles. The van der Waals surface area contributed by atoms with Crippen LogP contribution in [-0.4, -0.2) is 66.1 Å². The smallest absolute Gasteiger partial charge is 0.350 e. The molecule has 1 unspecified atom stereocenters. The Morgan fingerprint density at radius 2 is 2.12 bits per heavy atom. The number of likely N-dealkylation sites (N-methyl/N-ethyl adjacent to an activating group) is 1. The molecule has 1 fully saturated rings. The molecule has 24 heavy (non-hydrogen) atoms. The summed E-state index contributed by atoms with van der Waals surface area (Å²) in [4.78, 5) is 27.7. The maximum Gasteiger partial charge on any atom is 0.362 e. The highest BCUT2D eigenvalue weighted by molar-refractivity contribution is 7.83. The van der Waals surface area contributed by atoms with Gasteiger partial charge < -0.3 is 9.26 Å². The molecular formula is C13H22ClN4O5P. The standard InChI is InChI=1S/C13H22ClN4O5P/c1-9-5-18(13(20)15-12(9)19)11-7-17(4)6-10(23-11)8-22-24(14,21)16(2)3/h5,10-11H,6-8H2,1-4H3,(H,15,19,20)/t10-,11?,24-/m0/s1. The maximum atomic E-state index is 12.0. The molecule has 0 aromatic carbocycles. The molecule has 1 aliphatic heterocycles. The molecule has 1 N–H and O–H groups in total. The molecular weight excluding hydrogens is 359 g/mol. The number of halogens is 1. The van der Waals surface area contributed by atoms with Crippen molar-refractivity contribution >= 4 is 18.1 Å². The van der Waals surface area contributed by atoms with E-state index in [2.05, 4.69) is 4.98 Å². The van der Waals surface area contributed by atoms with Crippen LogP contribution in [0, 0.1) is 6.92 Å². The van der Waals surface area contributed by atoms with Crippen LogP contribution in [0.15, 0.2) is 15.8 Å². The number of aromatic nitrogens is 2. The quantitative estimate of drug-likeness (QED) is 0.747. The highest BCUT2D eigenvalue weighted by atomic mass is 35.7. The molecule has 9 nitrogen and oxygen atoms in total. The summed E-state index contributed by atoms with van der Waals surface area (Å²) in [6.45, 7) is -0.731. The summed E-state index contributed by atoms with van der Waals surface area (Å²) in [5, 5.41) is 0. The molecule has 1 aromatic rings. The Morgan fingerprint density at radius 3 is 2.75 bits per heavy atom. The van der Waals surface area contributed by atoms with E-state index in [0.717, 1.165) is 0 Å². The van der Waals surface area contributed by atoms with E-state index in [1.165, 1.54) is 15.4 Å². The van der Waals surface area contributed by atoms with Gasteiger partial charge in [-0.2, -0.15) is 0 Å². The number of nitrogens with one attached hydrogen (secondary N) is 1. The van der Waals surface area contributed by atoms with E-state index in [0.29, 0.717) is 18.7 Å². The molecule has 1 saturated heterocycles. The summed E-state index contributed by atoms with van der Waals surface area (Å²) in [6.07, 6.45) is 0.462. The molecule has 136 valence electrons. The number of aryl methyl sites for hydroxylation is 1. The van der Waals surface area contributed by atoms with Crippen LogP contribution in [0.4, 0.5) is 0 Å². The Balaban J connectivity index is 2.14. The predicted octanol–water partition coefficient (Wildman–Crippen LogP) is 0.599. The van der Waals surface area contributed by atoms with E-state index >= 15 is 0 Å². The topological polar surface area (TPSA) is 96.9 Å². The molecule has 1 aliphatic rings. The number of rotatable bonds is 5. The second kappa shape index (κ2) is 7.51. The van der Waals surface area contributed by atoms with Crippen molar-refractivity contribution in [1.29, 1.82) is 0 Å². The highest BCUT2D eigenvalue weighted by Gasteiger charge is 2.31. The maximum absolute atomic E-state index is 12.0. The number of aromatic amines is 1. The Kier molecular flexibility index (Phi) is 6.06. The van der Waals surface area contributed by atoms with E-state index in [1.807, 2.05) is 11.9 Å². The second-order valence-electron chi connectivity index (χ2n) is 6.01. The van der Waals surface area contributed by atoms with Gasteiger partial charge in [-0.3, -0.25) is 23.8 Å². The van der Waals surface area contributed by atoms with Crippen LogP contribution in [-0.2, 0) is 13.8 Å². The number of hydrogen-bond donors (Lipinski definition) is 1. The van der Waals surface area contributed by atoms with Crippen LogP contribution in [0.1, 0.15) is 11.8 Å². The van der Waals surface area contributed by atoms with Gasteiger partial charge in [0.25, 0.3) is 5.56 Å². The first kappa shape index (κ1) is 19.4. The fourth-order valence-corrected chi connectivity index (χ4v) is 3.08. The summed E-state index contributed by atoms with van der Waals surface area (Å²) in [6, 6.07) is 0. The van der Waals surface area contributed by atoms with Crippen molar-refractivity contribution < 1.29 is 13.8 Å². The summed E-state index contributed by atoms with van der Waals surface area (Å²) < 4.78 is 25.8. The van der Waals surface area contributed by atoms with Gasteiger partial charge in [0.2, 0.25) is 0 Å². The zero-order chi connectivity index (χ0) is 18.1. The van der Waals surface area contributed by atoms with Crippen LogP contribution in [0.25, 0.3) is 0 Å². The lowest BCUT2D eigenvalue weighted by atomic mass is 10.2. The first-order valence-electron chi connectivity index (χ1n) is 7.38. The van der Waals surface area contributed by atoms with Gasteiger partial charge >= 0.3 is 12.6 Å². The summed E-state index contributed by atoms with van der Waals surface area (Å²) >= 11 is 5.84. The van der Waals surface area contributed by atoms with Gasteiger partial charge in [0.15, 0.2) is 6.23 Å². The zero-order valence-electron chi connectivity index (χ0n) is 14.1. The zero-order valence-corrected chi connectivity index (χ0v) is 15.7. The van der Waals surface area contributed by atoms with Crippen LogP contribution in [0.2, 0.25) is 0 Å². The van der Waals surface area contributed by atoms with Crippen molar-refractivity contribution in [3.8, 4) is 0 Å². The van der Waals surface area contributed by atoms with Gasteiger partial charge in [-0.05, 0) is 39.3 Å². The Hall–Kier alpha value is -0.960. The fourth-order valence-electron chi connectivity index (χ4n) is 2.33. The number of nitrogens with zero attached hydrogens (tertiary/aromatic N) is 3. The van der Waals surface area contributed by atoms with Crippen molar-refractivity contribution in [2.75, 3.05) is 40.8 Å². The molecule has 0 spiro atoms. The Morgan fingerprint density at radius 1 is 1.46 bits per heavy atom. The minimum atomic E-state index is -3.38. The largest absolute Gasteiger partial charge is 0.362 e. The first-order valence-corrected chi connectivity index (χ1v) is 9.86. The summed E-state index contributed by atoms with van der Waals surface area (Å²) in [7, 11) is 5.00. The van der Waals surface area contributed by atoms with Gasteiger partial charge in [0, 0.05) is 24.8 Å². The molecule has 0 aliphatic carbocycles. The van der Waals surface area contributed by atoms with Crippen LogP contribution in [0.5, 0.6) is 0 Å². The average molecular weight is 381 g/mol. The van der Waals surface area contributed by atoms with Crippen LogP contribution in [0.3, 0.4) is 0 Å². The van der Waals surface area contributed by atoms with Crippen molar-refractivity contribution in [3.63, 3.8) is 0 Å². The van der Waals surface area contributed by atoms with E-state index in [4.69, 9.17) is 20.5 Å². The van der Waals surface area contributed by atoms with Gasteiger partial charge in [0.05, 0.1) is 12.7 Å². The minimum absolute atomic E-state index is 0.0247. The number of ether oxygens (including phenoxy) is 1. The van der Waals surface area contributed by atoms with Gasteiger partial charge in [-0.25, -0.2) is 9.46 Å². The fraction of sp³-hybridized carbons (Fsp3) is 0.692. The Bertz CT molecular complexity index is 749. The molecule has 11 heteroatoms. The van der Waals surface area contributed by atoms with Gasteiger partial charge in [-0.1, -0.05) is 0 Å². The summed E-state index contributed by atoms with van der Waals surface area (Å²) in [5.74, 6) is 0. The molecule has 0 amide bonds. The van der Waals surface area contributed by atoms with Crippen LogP contribution >= 0.6 is 18.1 Å². The molecule has 3 atom stereocenters. The van der Waals surface area contributed by atoms with Crippen LogP contribution < -0.4 is 11.2 Å². The first-order chi connectivity index (χ1) is 11.1.